The van der Waals surface area contributed by atoms with E-state index < -0.39 is 6.10 Å². The van der Waals surface area contributed by atoms with Crippen LogP contribution in [0.2, 0.25) is 0 Å². The average Bonchev–Trinajstić information content (AvgIpc) is 2.55. The third-order valence-corrected chi connectivity index (χ3v) is 3.63. The predicted octanol–water partition coefficient (Wildman–Crippen LogP) is 4.15. The molecule has 0 aromatic heterocycles. The van der Waals surface area contributed by atoms with Gasteiger partial charge < -0.3 is 5.11 Å². The van der Waals surface area contributed by atoms with Gasteiger partial charge >= 0.3 is 0 Å². The Labute approximate surface area is 123 Å². The van der Waals surface area contributed by atoms with Crippen molar-refractivity contribution in [1.82, 2.24) is 0 Å². The highest BCUT2D eigenvalue weighted by Crippen LogP contribution is 2.21. The highest BCUT2D eigenvalue weighted by Gasteiger charge is 2.14. The molecule has 3 aromatic rings. The molecule has 0 unspecified atom stereocenters. The molecule has 1 atom stereocenters. The standard InChI is InChI=1S/C19H16O2/c20-18(15-7-2-1-3-8-15)13-19(21)17-11-10-14-6-4-5-9-16(14)12-17/h1-12,18,20H,13H2/t18-/m1/s1. The number of fused-ring (bicyclic) bond motifs is 1. The highest BCUT2D eigenvalue weighted by atomic mass is 16.3. The monoisotopic (exact) mass is 276 g/mol. The van der Waals surface area contributed by atoms with Crippen LogP contribution in [0.1, 0.15) is 28.4 Å². The number of hydrogen-bond acceptors (Lipinski definition) is 2. The molecule has 0 aliphatic heterocycles. The van der Waals surface area contributed by atoms with E-state index in [0.717, 1.165) is 16.3 Å². The van der Waals surface area contributed by atoms with Crippen molar-refractivity contribution in [2.45, 2.75) is 12.5 Å². The maximum atomic E-state index is 12.3. The second-order valence-corrected chi connectivity index (χ2v) is 5.12. The molecule has 0 aliphatic rings. The summed E-state index contributed by atoms with van der Waals surface area (Å²) in [5, 5.41) is 12.3. The smallest absolute Gasteiger partial charge is 0.165 e. The molecule has 2 nitrogen and oxygen atoms in total. The molecule has 3 rings (SSSR count). The van der Waals surface area contributed by atoms with E-state index in [-0.39, 0.29) is 12.2 Å². The number of carbonyl (C=O) groups excluding carboxylic acids is 1. The lowest BCUT2D eigenvalue weighted by molar-refractivity contribution is 0.0880. The van der Waals surface area contributed by atoms with Crippen LogP contribution in [0.15, 0.2) is 72.8 Å². The summed E-state index contributed by atoms with van der Waals surface area (Å²) < 4.78 is 0. The summed E-state index contributed by atoms with van der Waals surface area (Å²) in [4.78, 5) is 12.3. The van der Waals surface area contributed by atoms with Crippen molar-refractivity contribution in [2.24, 2.45) is 0 Å². The minimum atomic E-state index is -0.759. The van der Waals surface area contributed by atoms with Crippen LogP contribution in [0, 0.1) is 0 Å². The number of aliphatic hydroxyl groups is 1. The van der Waals surface area contributed by atoms with Crippen molar-refractivity contribution in [3.63, 3.8) is 0 Å². The Morgan fingerprint density at radius 2 is 1.52 bits per heavy atom. The molecule has 0 saturated carbocycles. The molecule has 0 heterocycles. The molecule has 1 N–H and O–H groups in total. The zero-order chi connectivity index (χ0) is 14.7. The van der Waals surface area contributed by atoms with E-state index >= 15 is 0 Å². The van der Waals surface area contributed by atoms with Crippen molar-refractivity contribution in [2.75, 3.05) is 0 Å². The molecule has 0 saturated heterocycles. The molecule has 0 amide bonds. The molecule has 21 heavy (non-hydrogen) atoms. The lowest BCUT2D eigenvalue weighted by Crippen LogP contribution is -2.07. The van der Waals surface area contributed by atoms with E-state index in [0.29, 0.717) is 5.56 Å². The first-order chi connectivity index (χ1) is 10.2. The normalized spacial score (nSPS) is 12.2. The number of benzene rings is 3. The quantitative estimate of drug-likeness (QED) is 0.727. The van der Waals surface area contributed by atoms with Gasteiger partial charge in [0.25, 0.3) is 0 Å². The summed E-state index contributed by atoms with van der Waals surface area (Å²) in [5.41, 5.74) is 1.41. The summed E-state index contributed by atoms with van der Waals surface area (Å²) in [5.74, 6) is -0.0443. The van der Waals surface area contributed by atoms with E-state index in [1.54, 1.807) is 0 Å². The number of hydrogen-bond donors (Lipinski definition) is 1. The third-order valence-electron chi connectivity index (χ3n) is 3.63. The van der Waals surface area contributed by atoms with Gasteiger partial charge in [0.15, 0.2) is 5.78 Å². The number of Topliss-reactive ketones (excluding diaryl/α,β-unsaturated/α-hetero) is 1. The van der Waals surface area contributed by atoms with E-state index in [1.165, 1.54) is 0 Å². The fourth-order valence-corrected chi connectivity index (χ4v) is 2.45. The van der Waals surface area contributed by atoms with Gasteiger partial charge in [0, 0.05) is 12.0 Å². The average molecular weight is 276 g/mol. The topological polar surface area (TPSA) is 37.3 Å². The second-order valence-electron chi connectivity index (χ2n) is 5.12. The largest absolute Gasteiger partial charge is 0.388 e. The Balaban J connectivity index is 1.80. The number of rotatable bonds is 4. The molecule has 3 aromatic carbocycles. The van der Waals surface area contributed by atoms with Crippen molar-refractivity contribution in [1.29, 1.82) is 0 Å². The van der Waals surface area contributed by atoms with Crippen LogP contribution in [-0.2, 0) is 0 Å². The summed E-state index contributed by atoms with van der Waals surface area (Å²) in [6.45, 7) is 0. The maximum Gasteiger partial charge on any atom is 0.165 e. The van der Waals surface area contributed by atoms with Gasteiger partial charge in [0.1, 0.15) is 0 Å². The van der Waals surface area contributed by atoms with Gasteiger partial charge in [-0.15, -0.1) is 0 Å². The SMILES string of the molecule is O=C(C[C@@H](O)c1ccccc1)c1ccc2ccccc2c1. The molecule has 104 valence electrons. The van der Waals surface area contributed by atoms with Crippen molar-refractivity contribution in [3.8, 4) is 0 Å². The van der Waals surface area contributed by atoms with Crippen LogP contribution in [0.5, 0.6) is 0 Å². The summed E-state index contributed by atoms with van der Waals surface area (Å²) in [6, 6.07) is 22.9. The number of ketones is 1. The van der Waals surface area contributed by atoms with Crippen LogP contribution in [0.3, 0.4) is 0 Å². The van der Waals surface area contributed by atoms with Crippen molar-refractivity contribution in [3.05, 3.63) is 83.9 Å². The molecule has 0 aliphatic carbocycles. The Kier molecular flexibility index (Phi) is 3.80. The Bertz CT molecular complexity index is 763. The van der Waals surface area contributed by atoms with Gasteiger partial charge in [-0.25, -0.2) is 0 Å². The van der Waals surface area contributed by atoms with Gasteiger partial charge in [-0.3, -0.25) is 4.79 Å². The van der Waals surface area contributed by atoms with Crippen LogP contribution < -0.4 is 0 Å². The minimum absolute atomic E-state index is 0.0443. The Morgan fingerprint density at radius 3 is 2.29 bits per heavy atom. The fourth-order valence-electron chi connectivity index (χ4n) is 2.45. The first-order valence-electron chi connectivity index (χ1n) is 6.99. The minimum Gasteiger partial charge on any atom is -0.388 e. The van der Waals surface area contributed by atoms with Gasteiger partial charge in [-0.2, -0.15) is 0 Å². The lowest BCUT2D eigenvalue weighted by Gasteiger charge is -2.10. The van der Waals surface area contributed by atoms with E-state index in [4.69, 9.17) is 0 Å². The van der Waals surface area contributed by atoms with Gasteiger partial charge in [0.05, 0.1) is 6.10 Å². The van der Waals surface area contributed by atoms with Crippen LogP contribution in [-0.4, -0.2) is 10.9 Å². The van der Waals surface area contributed by atoms with Crippen molar-refractivity contribution < 1.29 is 9.90 Å². The van der Waals surface area contributed by atoms with E-state index in [1.807, 2.05) is 72.8 Å². The fraction of sp³-hybridized carbons (Fsp3) is 0.105. The number of carbonyl (C=O) groups is 1. The van der Waals surface area contributed by atoms with Gasteiger partial charge in [-0.1, -0.05) is 66.7 Å². The van der Waals surface area contributed by atoms with Crippen LogP contribution >= 0.6 is 0 Å². The molecule has 0 spiro atoms. The van der Waals surface area contributed by atoms with Gasteiger partial charge in [-0.05, 0) is 22.4 Å². The molecule has 2 heteroatoms. The highest BCUT2D eigenvalue weighted by molar-refractivity contribution is 6.00. The van der Waals surface area contributed by atoms with Gasteiger partial charge in [0.2, 0.25) is 0 Å². The predicted molar refractivity (Wildman–Crippen MR) is 84.3 cm³/mol. The molecule has 0 fully saturated rings. The Hall–Kier alpha value is -2.45. The molecule has 0 bridgehead atoms. The Morgan fingerprint density at radius 1 is 0.857 bits per heavy atom. The zero-order valence-corrected chi connectivity index (χ0v) is 11.6. The van der Waals surface area contributed by atoms with Crippen LogP contribution in [0.25, 0.3) is 10.8 Å². The van der Waals surface area contributed by atoms with Crippen molar-refractivity contribution >= 4 is 16.6 Å². The first kappa shape index (κ1) is 13.5. The summed E-state index contributed by atoms with van der Waals surface area (Å²) >= 11 is 0. The van der Waals surface area contributed by atoms with E-state index in [2.05, 4.69) is 0 Å². The van der Waals surface area contributed by atoms with Crippen LogP contribution in [0.4, 0.5) is 0 Å². The van der Waals surface area contributed by atoms with E-state index in [9.17, 15) is 9.90 Å². The molecule has 0 radical (unpaired) electrons. The number of aliphatic hydroxyl groups excluding tert-OH is 1. The summed E-state index contributed by atoms with van der Waals surface area (Å²) in [7, 11) is 0. The molecular weight excluding hydrogens is 260 g/mol. The molecular formula is C19H16O2. The lowest BCUT2D eigenvalue weighted by atomic mass is 9.98. The first-order valence-corrected chi connectivity index (χ1v) is 6.99. The third kappa shape index (κ3) is 3.01. The maximum absolute atomic E-state index is 12.3. The summed E-state index contributed by atoms with van der Waals surface area (Å²) in [6.07, 6.45) is -0.660. The zero-order valence-electron chi connectivity index (χ0n) is 11.6. The second kappa shape index (κ2) is 5.90.